The SMILES string of the molecule is CCCCCCCCCCCCCCCC(=O)NC(CS(=O)(=O)O)C(O)CCCCCCC. The summed E-state index contributed by atoms with van der Waals surface area (Å²) >= 11 is 0. The largest absolute Gasteiger partial charge is 0.391 e. The highest BCUT2D eigenvalue weighted by atomic mass is 32.2. The van der Waals surface area contributed by atoms with Crippen LogP contribution in [0.5, 0.6) is 0 Å². The summed E-state index contributed by atoms with van der Waals surface area (Å²) in [6, 6.07) is -0.958. The first-order valence-electron chi connectivity index (χ1n) is 13.7. The highest BCUT2D eigenvalue weighted by Gasteiger charge is 2.25. The van der Waals surface area contributed by atoms with Crippen molar-refractivity contribution in [2.75, 3.05) is 5.75 Å². The van der Waals surface area contributed by atoms with Crippen LogP contribution in [0.1, 0.15) is 142 Å². The van der Waals surface area contributed by atoms with Gasteiger partial charge in [-0.1, -0.05) is 123 Å². The first kappa shape index (κ1) is 32.3. The van der Waals surface area contributed by atoms with Crippen LogP contribution in [0.15, 0.2) is 0 Å². The minimum absolute atomic E-state index is 0.253. The van der Waals surface area contributed by atoms with Crippen LogP contribution in [0.2, 0.25) is 0 Å². The third kappa shape index (κ3) is 22.9. The van der Waals surface area contributed by atoms with E-state index in [2.05, 4.69) is 19.2 Å². The van der Waals surface area contributed by atoms with E-state index in [0.29, 0.717) is 12.8 Å². The van der Waals surface area contributed by atoms with Crippen LogP contribution >= 0.6 is 0 Å². The Balaban J connectivity index is 3.94. The van der Waals surface area contributed by atoms with Gasteiger partial charge in [0.2, 0.25) is 5.91 Å². The smallest absolute Gasteiger partial charge is 0.266 e. The molecule has 0 fully saturated rings. The number of rotatable bonds is 24. The zero-order chi connectivity index (χ0) is 24.8. The van der Waals surface area contributed by atoms with E-state index in [4.69, 9.17) is 0 Å². The van der Waals surface area contributed by atoms with Crippen LogP contribution in [0.3, 0.4) is 0 Å². The first-order chi connectivity index (χ1) is 15.8. The molecule has 0 aromatic heterocycles. The van der Waals surface area contributed by atoms with Gasteiger partial charge in [0.1, 0.15) is 0 Å². The zero-order valence-electron chi connectivity index (χ0n) is 21.5. The summed E-state index contributed by atoms with van der Waals surface area (Å²) in [5.41, 5.74) is 0. The summed E-state index contributed by atoms with van der Waals surface area (Å²) in [6.07, 6.45) is 20.9. The highest BCUT2D eigenvalue weighted by Crippen LogP contribution is 2.14. The summed E-state index contributed by atoms with van der Waals surface area (Å²) in [5, 5.41) is 13.0. The van der Waals surface area contributed by atoms with Gasteiger partial charge in [-0.25, -0.2) is 0 Å². The lowest BCUT2D eigenvalue weighted by atomic mass is 10.0. The minimum atomic E-state index is -4.28. The second kappa shape index (κ2) is 21.8. The van der Waals surface area contributed by atoms with Crippen LogP contribution in [0, 0.1) is 0 Å². The van der Waals surface area contributed by atoms with E-state index < -0.39 is 28.0 Å². The summed E-state index contributed by atoms with van der Waals surface area (Å²) < 4.78 is 31.8. The van der Waals surface area contributed by atoms with Gasteiger partial charge >= 0.3 is 0 Å². The van der Waals surface area contributed by atoms with Crippen molar-refractivity contribution in [2.24, 2.45) is 0 Å². The number of amides is 1. The Morgan fingerprint density at radius 2 is 1.09 bits per heavy atom. The molecule has 0 rings (SSSR count). The van der Waals surface area contributed by atoms with Crippen LogP contribution in [0.4, 0.5) is 0 Å². The molecule has 3 N–H and O–H groups in total. The molecule has 0 bridgehead atoms. The number of nitrogens with one attached hydrogen (secondary N) is 1. The summed E-state index contributed by atoms with van der Waals surface area (Å²) in [4.78, 5) is 12.3. The molecule has 2 atom stereocenters. The molecule has 0 spiro atoms. The Labute approximate surface area is 204 Å². The Morgan fingerprint density at radius 3 is 1.52 bits per heavy atom. The van der Waals surface area contributed by atoms with Gasteiger partial charge in [0, 0.05) is 6.42 Å². The molecule has 1 amide bonds. The molecule has 0 aromatic carbocycles. The normalized spacial score (nSPS) is 13.7. The van der Waals surface area contributed by atoms with Gasteiger partial charge in [-0.05, 0) is 12.8 Å². The van der Waals surface area contributed by atoms with Crippen molar-refractivity contribution in [1.29, 1.82) is 0 Å². The lowest BCUT2D eigenvalue weighted by molar-refractivity contribution is -0.122. The number of hydrogen-bond donors (Lipinski definition) is 3. The minimum Gasteiger partial charge on any atom is -0.391 e. The Hall–Kier alpha value is -0.660. The molecular formula is C26H53NO5S. The molecule has 0 saturated heterocycles. The van der Waals surface area contributed by atoms with E-state index in [1.54, 1.807) is 0 Å². The van der Waals surface area contributed by atoms with E-state index in [1.807, 2.05) is 0 Å². The van der Waals surface area contributed by atoms with E-state index in [9.17, 15) is 22.9 Å². The topological polar surface area (TPSA) is 104 Å². The number of aliphatic hydroxyl groups excluding tert-OH is 1. The predicted molar refractivity (Wildman–Crippen MR) is 138 cm³/mol. The number of unbranched alkanes of at least 4 members (excludes halogenated alkanes) is 16. The fourth-order valence-electron chi connectivity index (χ4n) is 4.22. The molecule has 33 heavy (non-hydrogen) atoms. The van der Waals surface area contributed by atoms with Gasteiger partial charge in [0.05, 0.1) is 17.9 Å². The third-order valence-electron chi connectivity index (χ3n) is 6.31. The number of carbonyl (C=O) groups excluding carboxylic acids is 1. The van der Waals surface area contributed by atoms with Crippen molar-refractivity contribution >= 4 is 16.0 Å². The lowest BCUT2D eigenvalue weighted by Gasteiger charge is -2.23. The molecule has 0 heterocycles. The Morgan fingerprint density at radius 1 is 0.697 bits per heavy atom. The van der Waals surface area contributed by atoms with Gasteiger partial charge in [-0.2, -0.15) is 8.42 Å². The monoisotopic (exact) mass is 491 g/mol. The van der Waals surface area contributed by atoms with Crippen molar-refractivity contribution in [3.8, 4) is 0 Å². The molecule has 0 saturated carbocycles. The molecular weight excluding hydrogens is 438 g/mol. The maximum Gasteiger partial charge on any atom is 0.266 e. The average molecular weight is 492 g/mol. The third-order valence-corrected chi connectivity index (χ3v) is 7.09. The van der Waals surface area contributed by atoms with Gasteiger partial charge in [0.25, 0.3) is 10.1 Å². The van der Waals surface area contributed by atoms with Crippen molar-refractivity contribution in [3.63, 3.8) is 0 Å². The van der Waals surface area contributed by atoms with Crippen LogP contribution < -0.4 is 5.32 Å². The molecule has 0 aliphatic carbocycles. The Bertz CT molecular complexity index is 553. The predicted octanol–water partition coefficient (Wildman–Crippen LogP) is 6.56. The van der Waals surface area contributed by atoms with Crippen LogP contribution in [0.25, 0.3) is 0 Å². The second-order valence-electron chi connectivity index (χ2n) is 9.69. The standard InChI is InChI=1S/C26H53NO5S/c1-3-5-7-9-10-11-12-13-14-15-16-18-20-22-26(29)27-24(23-33(30,31)32)25(28)21-19-17-8-6-4-2/h24-25,28H,3-23H2,1-2H3,(H,27,29)(H,30,31,32). The fourth-order valence-corrected chi connectivity index (χ4v) is 4.98. The molecule has 198 valence electrons. The number of carbonyl (C=O) groups is 1. The average Bonchev–Trinajstić information content (AvgIpc) is 2.75. The quantitative estimate of drug-likeness (QED) is 0.105. The van der Waals surface area contributed by atoms with E-state index in [-0.39, 0.29) is 5.91 Å². The highest BCUT2D eigenvalue weighted by molar-refractivity contribution is 7.85. The second-order valence-corrected chi connectivity index (χ2v) is 11.2. The molecule has 6 nitrogen and oxygen atoms in total. The first-order valence-corrected chi connectivity index (χ1v) is 15.3. The van der Waals surface area contributed by atoms with Crippen molar-refractivity contribution in [1.82, 2.24) is 5.32 Å². The van der Waals surface area contributed by atoms with Gasteiger partial charge in [-0.15, -0.1) is 0 Å². The van der Waals surface area contributed by atoms with Crippen LogP contribution in [-0.4, -0.2) is 41.9 Å². The van der Waals surface area contributed by atoms with Crippen molar-refractivity contribution < 1.29 is 22.9 Å². The molecule has 2 unspecified atom stereocenters. The van der Waals surface area contributed by atoms with Gasteiger partial charge < -0.3 is 10.4 Å². The van der Waals surface area contributed by atoms with E-state index in [0.717, 1.165) is 51.4 Å². The number of hydrogen-bond acceptors (Lipinski definition) is 4. The molecule has 0 aromatic rings. The summed E-state index contributed by atoms with van der Waals surface area (Å²) in [6.45, 7) is 4.37. The molecule has 0 aliphatic heterocycles. The van der Waals surface area contributed by atoms with E-state index in [1.165, 1.54) is 64.2 Å². The lowest BCUT2D eigenvalue weighted by Crippen LogP contribution is -2.47. The maximum absolute atomic E-state index is 12.3. The molecule has 7 heteroatoms. The maximum atomic E-state index is 12.3. The van der Waals surface area contributed by atoms with Crippen molar-refractivity contribution in [2.45, 2.75) is 154 Å². The summed E-state index contributed by atoms with van der Waals surface area (Å²) in [7, 11) is -4.28. The fraction of sp³-hybridized carbons (Fsp3) is 0.962. The van der Waals surface area contributed by atoms with E-state index >= 15 is 0 Å². The molecule has 0 aliphatic rings. The Kier molecular flexibility index (Phi) is 21.4. The van der Waals surface area contributed by atoms with Crippen LogP contribution in [-0.2, 0) is 14.9 Å². The summed E-state index contributed by atoms with van der Waals surface area (Å²) in [5.74, 6) is -0.898. The molecule has 0 radical (unpaired) electrons. The zero-order valence-corrected chi connectivity index (χ0v) is 22.3. The van der Waals surface area contributed by atoms with Gasteiger partial charge in [0.15, 0.2) is 0 Å². The number of aliphatic hydroxyl groups is 1. The van der Waals surface area contributed by atoms with Gasteiger partial charge in [-0.3, -0.25) is 9.35 Å². The van der Waals surface area contributed by atoms with Crippen molar-refractivity contribution in [3.05, 3.63) is 0 Å².